The van der Waals surface area contributed by atoms with Crippen molar-refractivity contribution in [2.24, 2.45) is 0 Å². The molecule has 1 aliphatic rings. The summed E-state index contributed by atoms with van der Waals surface area (Å²) < 4.78 is 29.0. The molecule has 3 aromatic rings. The molecular formula is C24H28N2O2S. The third-order valence-electron chi connectivity index (χ3n) is 5.70. The Morgan fingerprint density at radius 2 is 1.69 bits per heavy atom. The van der Waals surface area contributed by atoms with Crippen LogP contribution in [0.1, 0.15) is 42.1 Å². The van der Waals surface area contributed by atoms with E-state index < -0.39 is 10.0 Å². The van der Waals surface area contributed by atoms with E-state index in [9.17, 15) is 8.42 Å². The Balaban J connectivity index is 1.97. The maximum Gasteiger partial charge on any atom is 0.268 e. The summed E-state index contributed by atoms with van der Waals surface area (Å²) >= 11 is 0. The first-order chi connectivity index (χ1) is 13.8. The van der Waals surface area contributed by atoms with Crippen molar-refractivity contribution in [1.29, 1.82) is 0 Å². The number of rotatable bonds is 5. The molecule has 2 aromatic carbocycles. The summed E-state index contributed by atoms with van der Waals surface area (Å²) in [5.41, 5.74) is 5.73. The van der Waals surface area contributed by atoms with Crippen molar-refractivity contribution in [3.05, 3.63) is 71.4 Å². The van der Waals surface area contributed by atoms with E-state index in [1.165, 1.54) is 0 Å². The average Bonchev–Trinajstić information content (AvgIpc) is 3.01. The molecule has 0 saturated heterocycles. The van der Waals surface area contributed by atoms with E-state index in [4.69, 9.17) is 0 Å². The normalized spacial score (nSPS) is 15.1. The summed E-state index contributed by atoms with van der Waals surface area (Å²) in [6.45, 7) is 12.8. The van der Waals surface area contributed by atoms with E-state index in [1.807, 2.05) is 38.1 Å². The van der Waals surface area contributed by atoms with Crippen LogP contribution in [0.15, 0.2) is 53.9 Å². The lowest BCUT2D eigenvalue weighted by molar-refractivity contribution is 0.282. The van der Waals surface area contributed by atoms with Crippen molar-refractivity contribution in [1.82, 2.24) is 8.87 Å². The van der Waals surface area contributed by atoms with Gasteiger partial charge in [-0.15, -0.1) is 0 Å². The minimum absolute atomic E-state index is 0.319. The molecule has 1 aliphatic heterocycles. The summed E-state index contributed by atoms with van der Waals surface area (Å²) in [4.78, 5) is 2.63. The molecule has 0 bridgehead atoms. The van der Waals surface area contributed by atoms with Crippen molar-refractivity contribution in [2.45, 2.75) is 45.1 Å². The van der Waals surface area contributed by atoms with Gasteiger partial charge in [0.15, 0.2) is 0 Å². The number of fused-ring (bicyclic) bond motifs is 3. The largest absolute Gasteiger partial charge is 0.293 e. The highest BCUT2D eigenvalue weighted by Gasteiger charge is 2.31. The molecule has 0 fully saturated rings. The van der Waals surface area contributed by atoms with Gasteiger partial charge in [-0.25, -0.2) is 12.4 Å². The zero-order valence-corrected chi connectivity index (χ0v) is 18.2. The highest BCUT2D eigenvalue weighted by Crippen LogP contribution is 2.38. The number of aromatic nitrogens is 1. The van der Waals surface area contributed by atoms with Gasteiger partial charge in [-0.2, -0.15) is 0 Å². The SMILES string of the molecule is C=C1CN(CCCC)Cc2c1c1cc(C)ccc1n2S(=O)(=O)c1ccc(C)cc1. The molecule has 152 valence electrons. The Kier molecular flexibility index (Phi) is 5.13. The molecule has 5 heteroatoms. The molecular weight excluding hydrogens is 380 g/mol. The molecule has 0 N–H and O–H groups in total. The fraction of sp³-hybridized carbons (Fsp3) is 0.333. The minimum atomic E-state index is -3.71. The van der Waals surface area contributed by atoms with Gasteiger partial charge in [0.05, 0.1) is 16.1 Å². The number of benzene rings is 2. The second-order valence-corrected chi connectivity index (χ2v) is 9.88. The van der Waals surface area contributed by atoms with Gasteiger partial charge in [-0.05, 0) is 56.7 Å². The third kappa shape index (κ3) is 3.43. The van der Waals surface area contributed by atoms with Crippen LogP contribution < -0.4 is 0 Å². The number of hydrogen-bond donors (Lipinski definition) is 0. The lowest BCUT2D eigenvalue weighted by Gasteiger charge is -2.29. The minimum Gasteiger partial charge on any atom is -0.293 e. The van der Waals surface area contributed by atoms with E-state index in [2.05, 4.69) is 24.5 Å². The van der Waals surface area contributed by atoms with Gasteiger partial charge in [-0.1, -0.05) is 49.2 Å². The Hall–Kier alpha value is -2.37. The monoisotopic (exact) mass is 408 g/mol. The lowest BCUT2D eigenvalue weighted by Crippen LogP contribution is -2.32. The molecule has 0 aliphatic carbocycles. The number of unbranched alkanes of at least 4 members (excludes halogenated alkanes) is 1. The first-order valence-corrected chi connectivity index (χ1v) is 11.6. The highest BCUT2D eigenvalue weighted by molar-refractivity contribution is 7.90. The summed E-state index contributed by atoms with van der Waals surface area (Å²) in [5, 5.41) is 0.982. The van der Waals surface area contributed by atoms with E-state index in [0.29, 0.717) is 11.4 Å². The second-order valence-electron chi connectivity index (χ2n) is 8.09. The number of hydrogen-bond acceptors (Lipinski definition) is 3. The van der Waals surface area contributed by atoms with Crippen LogP contribution in [-0.2, 0) is 16.6 Å². The maximum atomic E-state index is 13.7. The molecule has 0 radical (unpaired) electrons. The summed E-state index contributed by atoms with van der Waals surface area (Å²) in [6, 6.07) is 13.1. The van der Waals surface area contributed by atoms with Crippen molar-refractivity contribution in [3.63, 3.8) is 0 Å². The molecule has 29 heavy (non-hydrogen) atoms. The molecule has 0 saturated carbocycles. The van der Waals surface area contributed by atoms with E-state index in [0.717, 1.165) is 64.8 Å². The second kappa shape index (κ2) is 7.47. The molecule has 1 aromatic heterocycles. The molecule has 4 nitrogen and oxygen atoms in total. The van der Waals surface area contributed by atoms with E-state index >= 15 is 0 Å². The Bertz CT molecular complexity index is 1190. The summed E-state index contributed by atoms with van der Waals surface area (Å²) in [6.07, 6.45) is 2.20. The van der Waals surface area contributed by atoms with Crippen LogP contribution in [0.2, 0.25) is 0 Å². The van der Waals surface area contributed by atoms with Crippen LogP contribution in [0.4, 0.5) is 0 Å². The van der Waals surface area contributed by atoms with Gasteiger partial charge >= 0.3 is 0 Å². The van der Waals surface area contributed by atoms with Crippen LogP contribution >= 0.6 is 0 Å². The fourth-order valence-electron chi connectivity index (χ4n) is 4.21. The van der Waals surface area contributed by atoms with Crippen LogP contribution in [-0.4, -0.2) is 30.4 Å². The number of aryl methyl sites for hydroxylation is 2. The number of nitrogens with zero attached hydrogens (tertiary/aromatic N) is 2. The smallest absolute Gasteiger partial charge is 0.268 e. The quantitative estimate of drug-likeness (QED) is 0.588. The van der Waals surface area contributed by atoms with Gasteiger partial charge < -0.3 is 0 Å². The van der Waals surface area contributed by atoms with Crippen molar-refractivity contribution >= 4 is 26.5 Å². The molecule has 0 unspecified atom stereocenters. The molecule has 0 amide bonds. The Morgan fingerprint density at radius 3 is 2.38 bits per heavy atom. The van der Waals surface area contributed by atoms with E-state index in [1.54, 1.807) is 16.1 Å². The zero-order chi connectivity index (χ0) is 20.8. The van der Waals surface area contributed by atoms with Crippen LogP contribution in [0, 0.1) is 13.8 Å². The average molecular weight is 409 g/mol. The Labute approximate surface area is 173 Å². The first kappa shape index (κ1) is 19.9. The zero-order valence-electron chi connectivity index (χ0n) is 17.4. The summed E-state index contributed by atoms with van der Waals surface area (Å²) in [7, 11) is -3.71. The maximum absolute atomic E-state index is 13.7. The first-order valence-electron chi connectivity index (χ1n) is 10.2. The van der Waals surface area contributed by atoms with Crippen LogP contribution in [0.25, 0.3) is 16.5 Å². The standard InChI is InChI=1S/C24H28N2O2S/c1-5-6-13-25-15-19(4)24-21-14-18(3)9-12-22(21)26(23(24)16-25)29(27,28)20-10-7-17(2)8-11-20/h7-12,14H,4-6,13,15-16H2,1-3H3. The fourth-order valence-corrected chi connectivity index (χ4v) is 5.76. The Morgan fingerprint density at radius 1 is 1.00 bits per heavy atom. The van der Waals surface area contributed by atoms with Crippen molar-refractivity contribution in [2.75, 3.05) is 13.1 Å². The van der Waals surface area contributed by atoms with Gasteiger partial charge in [0.2, 0.25) is 0 Å². The third-order valence-corrected chi connectivity index (χ3v) is 7.47. The van der Waals surface area contributed by atoms with Crippen molar-refractivity contribution < 1.29 is 8.42 Å². The molecule has 0 spiro atoms. The predicted molar refractivity (Wildman–Crippen MR) is 120 cm³/mol. The summed E-state index contributed by atoms with van der Waals surface area (Å²) in [5.74, 6) is 0. The van der Waals surface area contributed by atoms with Gasteiger partial charge in [-0.3, -0.25) is 4.90 Å². The van der Waals surface area contributed by atoms with Crippen LogP contribution in [0.3, 0.4) is 0 Å². The molecule has 2 heterocycles. The lowest BCUT2D eigenvalue weighted by atomic mass is 9.98. The molecule has 4 rings (SSSR count). The van der Waals surface area contributed by atoms with Crippen molar-refractivity contribution in [3.8, 4) is 0 Å². The van der Waals surface area contributed by atoms with Crippen LogP contribution in [0.5, 0.6) is 0 Å². The molecule has 0 atom stereocenters. The van der Waals surface area contributed by atoms with Gasteiger partial charge in [0.25, 0.3) is 10.0 Å². The predicted octanol–water partition coefficient (Wildman–Crippen LogP) is 5.12. The van der Waals surface area contributed by atoms with E-state index in [-0.39, 0.29) is 0 Å². The van der Waals surface area contributed by atoms with Gasteiger partial charge in [0, 0.05) is 24.0 Å². The topological polar surface area (TPSA) is 42.3 Å². The van der Waals surface area contributed by atoms with Gasteiger partial charge in [0.1, 0.15) is 0 Å². The highest BCUT2D eigenvalue weighted by atomic mass is 32.2.